The van der Waals surface area contributed by atoms with Crippen molar-refractivity contribution in [2.24, 2.45) is 0 Å². The van der Waals surface area contributed by atoms with E-state index in [1.165, 1.54) is 6.07 Å². The first-order valence-electron chi connectivity index (χ1n) is 5.65. The molecule has 1 aliphatic heterocycles. The second kappa shape index (κ2) is 4.75. The van der Waals surface area contributed by atoms with Gasteiger partial charge in [0, 0.05) is 6.54 Å². The van der Waals surface area contributed by atoms with Crippen molar-refractivity contribution in [2.75, 3.05) is 13.2 Å². The normalized spacial score (nSPS) is 19.2. The maximum atomic E-state index is 13.9. The molecule has 1 saturated heterocycles. The number of hydrogen-bond acceptors (Lipinski definition) is 3. The Morgan fingerprint density at radius 2 is 2.28 bits per heavy atom. The van der Waals surface area contributed by atoms with Crippen LogP contribution in [0.5, 0.6) is 0 Å². The van der Waals surface area contributed by atoms with Crippen molar-refractivity contribution in [1.82, 2.24) is 5.32 Å². The topological polar surface area (TPSA) is 62.1 Å². The minimum absolute atomic E-state index is 0.00929. The summed E-state index contributed by atoms with van der Waals surface area (Å²) < 4.78 is 19.3. The summed E-state index contributed by atoms with van der Waals surface area (Å²) in [5.41, 5.74) is 1.50. The number of ether oxygens (including phenoxy) is 1. The predicted molar refractivity (Wildman–Crippen MR) is 62.3 cm³/mol. The molecule has 4 nitrogen and oxygen atoms in total. The molecule has 1 unspecified atom stereocenters. The molecule has 1 amide bonds. The standard InChI is InChI=1S/C13H13FN2O2/c1-7-5-9(6-15)11(14)8(2)10(7)12-13(17)16-3-4-18-12/h5,12H,3-4H2,1-2H3,(H,16,17). The molecule has 0 aromatic heterocycles. The van der Waals surface area contributed by atoms with Crippen molar-refractivity contribution in [3.8, 4) is 6.07 Å². The Labute approximate surface area is 104 Å². The van der Waals surface area contributed by atoms with Gasteiger partial charge in [-0.1, -0.05) is 0 Å². The van der Waals surface area contributed by atoms with Gasteiger partial charge in [-0.3, -0.25) is 4.79 Å². The molecule has 1 aliphatic rings. The Morgan fingerprint density at radius 3 is 2.89 bits per heavy atom. The molecule has 0 spiro atoms. The molecule has 18 heavy (non-hydrogen) atoms. The van der Waals surface area contributed by atoms with E-state index in [1.807, 2.05) is 0 Å². The number of halogens is 1. The molecule has 1 atom stereocenters. The van der Waals surface area contributed by atoms with Gasteiger partial charge in [0.2, 0.25) is 0 Å². The van der Waals surface area contributed by atoms with Crippen molar-refractivity contribution < 1.29 is 13.9 Å². The molecule has 1 fully saturated rings. The second-order valence-electron chi connectivity index (χ2n) is 4.25. The molecule has 0 saturated carbocycles. The number of carbonyl (C=O) groups is 1. The third kappa shape index (κ3) is 1.95. The fraction of sp³-hybridized carbons (Fsp3) is 0.385. The van der Waals surface area contributed by atoms with Crippen molar-refractivity contribution in [3.05, 3.63) is 34.1 Å². The lowest BCUT2D eigenvalue weighted by Gasteiger charge is -2.26. The average Bonchev–Trinajstić information content (AvgIpc) is 2.36. The summed E-state index contributed by atoms with van der Waals surface area (Å²) >= 11 is 0. The molecular weight excluding hydrogens is 235 g/mol. The molecule has 94 valence electrons. The van der Waals surface area contributed by atoms with E-state index in [9.17, 15) is 9.18 Å². The van der Waals surface area contributed by atoms with Gasteiger partial charge in [-0.2, -0.15) is 5.26 Å². The van der Waals surface area contributed by atoms with Gasteiger partial charge in [0.25, 0.3) is 5.91 Å². The molecule has 0 radical (unpaired) electrons. The number of hydrogen-bond donors (Lipinski definition) is 1. The first-order chi connectivity index (χ1) is 8.56. The lowest BCUT2D eigenvalue weighted by molar-refractivity contribution is -0.138. The number of nitriles is 1. The highest BCUT2D eigenvalue weighted by Crippen LogP contribution is 2.29. The number of aryl methyl sites for hydroxylation is 1. The SMILES string of the molecule is Cc1cc(C#N)c(F)c(C)c1C1OCCNC1=O. The van der Waals surface area contributed by atoms with Crippen LogP contribution in [-0.4, -0.2) is 19.1 Å². The zero-order valence-electron chi connectivity index (χ0n) is 10.2. The van der Waals surface area contributed by atoms with Gasteiger partial charge in [-0.15, -0.1) is 0 Å². The number of carbonyl (C=O) groups excluding carboxylic acids is 1. The minimum Gasteiger partial charge on any atom is -0.362 e. The van der Waals surface area contributed by atoms with E-state index in [-0.39, 0.29) is 11.5 Å². The highest BCUT2D eigenvalue weighted by Gasteiger charge is 2.29. The van der Waals surface area contributed by atoms with Crippen LogP contribution in [-0.2, 0) is 9.53 Å². The Morgan fingerprint density at radius 1 is 1.56 bits per heavy atom. The van der Waals surface area contributed by atoms with E-state index in [2.05, 4.69) is 5.32 Å². The zero-order valence-corrected chi connectivity index (χ0v) is 10.2. The van der Waals surface area contributed by atoms with Crippen molar-refractivity contribution >= 4 is 5.91 Å². The third-order valence-electron chi connectivity index (χ3n) is 3.06. The molecule has 1 heterocycles. The molecule has 5 heteroatoms. The lowest BCUT2D eigenvalue weighted by atomic mass is 9.94. The summed E-state index contributed by atoms with van der Waals surface area (Å²) in [4.78, 5) is 11.7. The molecule has 1 aromatic rings. The fourth-order valence-electron chi connectivity index (χ4n) is 2.19. The van der Waals surface area contributed by atoms with Crippen LogP contribution in [0.3, 0.4) is 0 Å². The van der Waals surface area contributed by atoms with Gasteiger partial charge in [0.15, 0.2) is 6.10 Å². The van der Waals surface area contributed by atoms with E-state index in [0.717, 1.165) is 0 Å². The number of rotatable bonds is 1. The Bertz CT molecular complexity index is 549. The van der Waals surface area contributed by atoms with E-state index >= 15 is 0 Å². The van der Waals surface area contributed by atoms with Crippen LogP contribution in [0, 0.1) is 31.0 Å². The molecule has 0 aliphatic carbocycles. The van der Waals surface area contributed by atoms with Crippen LogP contribution in [0.1, 0.15) is 28.4 Å². The predicted octanol–water partition coefficient (Wildman–Crippen LogP) is 1.50. The summed E-state index contributed by atoms with van der Waals surface area (Å²) in [6.45, 7) is 4.17. The van der Waals surface area contributed by atoms with E-state index in [1.54, 1.807) is 19.9 Å². The molecule has 2 rings (SSSR count). The third-order valence-corrected chi connectivity index (χ3v) is 3.06. The monoisotopic (exact) mass is 248 g/mol. The number of nitrogens with zero attached hydrogens (tertiary/aromatic N) is 1. The summed E-state index contributed by atoms with van der Waals surface area (Å²) in [6.07, 6.45) is -0.791. The van der Waals surface area contributed by atoms with E-state index in [0.29, 0.717) is 29.8 Å². The number of amides is 1. The molecule has 1 aromatic carbocycles. The second-order valence-corrected chi connectivity index (χ2v) is 4.25. The van der Waals surface area contributed by atoms with Gasteiger partial charge in [0.05, 0.1) is 12.2 Å². The molecular formula is C13H13FN2O2. The molecule has 0 bridgehead atoms. The number of morpholine rings is 1. The van der Waals surface area contributed by atoms with Crippen LogP contribution in [0.25, 0.3) is 0 Å². The Hall–Kier alpha value is -1.93. The Kier molecular flexibility index (Phi) is 3.30. The van der Waals surface area contributed by atoms with Crippen molar-refractivity contribution in [3.63, 3.8) is 0 Å². The quantitative estimate of drug-likeness (QED) is 0.819. The minimum atomic E-state index is -0.791. The van der Waals surface area contributed by atoms with Crippen LogP contribution < -0.4 is 5.32 Å². The van der Waals surface area contributed by atoms with Crippen LogP contribution in [0.4, 0.5) is 4.39 Å². The van der Waals surface area contributed by atoms with Crippen LogP contribution >= 0.6 is 0 Å². The van der Waals surface area contributed by atoms with Gasteiger partial charge in [-0.05, 0) is 36.6 Å². The first kappa shape index (κ1) is 12.5. The van der Waals surface area contributed by atoms with Gasteiger partial charge in [-0.25, -0.2) is 4.39 Å². The van der Waals surface area contributed by atoms with Crippen molar-refractivity contribution in [2.45, 2.75) is 20.0 Å². The maximum Gasteiger partial charge on any atom is 0.253 e. The Balaban J connectivity index is 2.54. The summed E-state index contributed by atoms with van der Waals surface area (Å²) in [5, 5.41) is 11.5. The van der Waals surface area contributed by atoms with Gasteiger partial charge < -0.3 is 10.1 Å². The average molecular weight is 248 g/mol. The van der Waals surface area contributed by atoms with E-state index in [4.69, 9.17) is 10.00 Å². The fourth-order valence-corrected chi connectivity index (χ4v) is 2.19. The van der Waals surface area contributed by atoms with Crippen molar-refractivity contribution in [1.29, 1.82) is 5.26 Å². The molecule has 1 N–H and O–H groups in total. The van der Waals surface area contributed by atoms with Crippen LogP contribution in [0.15, 0.2) is 6.07 Å². The highest BCUT2D eigenvalue weighted by atomic mass is 19.1. The van der Waals surface area contributed by atoms with E-state index < -0.39 is 11.9 Å². The summed E-state index contributed by atoms with van der Waals surface area (Å²) in [6, 6.07) is 3.25. The number of nitrogens with one attached hydrogen (secondary N) is 1. The first-order valence-corrected chi connectivity index (χ1v) is 5.65. The summed E-state index contributed by atoms with van der Waals surface area (Å²) in [5.74, 6) is -0.850. The number of benzene rings is 1. The maximum absolute atomic E-state index is 13.9. The largest absolute Gasteiger partial charge is 0.362 e. The zero-order chi connectivity index (χ0) is 13.3. The highest BCUT2D eigenvalue weighted by molar-refractivity contribution is 5.83. The van der Waals surface area contributed by atoms with Crippen LogP contribution in [0.2, 0.25) is 0 Å². The van der Waals surface area contributed by atoms with Gasteiger partial charge >= 0.3 is 0 Å². The van der Waals surface area contributed by atoms with Gasteiger partial charge in [0.1, 0.15) is 11.9 Å². The lowest BCUT2D eigenvalue weighted by Crippen LogP contribution is -2.39. The smallest absolute Gasteiger partial charge is 0.253 e. The summed E-state index contributed by atoms with van der Waals surface area (Å²) in [7, 11) is 0.